The minimum absolute atomic E-state index is 0.00921. The largest absolute Gasteiger partial charge is 0.507 e. The van der Waals surface area contributed by atoms with E-state index in [2.05, 4.69) is 10.2 Å². The summed E-state index contributed by atoms with van der Waals surface area (Å²) in [6.07, 6.45) is 0. The predicted octanol–water partition coefficient (Wildman–Crippen LogP) is 5.23. The fourth-order valence-electron chi connectivity index (χ4n) is 2.31. The molecule has 0 atom stereocenters. The molecule has 0 bridgehead atoms. The monoisotopic (exact) mass is 353 g/mol. The van der Waals surface area contributed by atoms with Crippen molar-refractivity contribution >= 4 is 17.1 Å². The minimum atomic E-state index is -0.951. The van der Waals surface area contributed by atoms with Gasteiger partial charge in [-0.2, -0.15) is 5.11 Å². The van der Waals surface area contributed by atoms with Crippen LogP contribution in [0.3, 0.4) is 0 Å². The summed E-state index contributed by atoms with van der Waals surface area (Å²) in [5.74, 6) is -2.07. The average molecular weight is 353 g/mol. The van der Waals surface area contributed by atoms with Crippen LogP contribution in [0.15, 0.2) is 70.9 Å². The SMILES string of the molecule is O=[N+]([O-])c1cc(-c2cc(F)c(O)cc2O)ccc1/N=N/c1ccccc1. The molecule has 8 heteroatoms. The van der Waals surface area contributed by atoms with Crippen LogP contribution in [0, 0.1) is 15.9 Å². The van der Waals surface area contributed by atoms with Crippen LogP contribution in [0.25, 0.3) is 11.1 Å². The number of hydrogen-bond donors (Lipinski definition) is 2. The van der Waals surface area contributed by atoms with Gasteiger partial charge in [-0.25, -0.2) is 4.39 Å². The van der Waals surface area contributed by atoms with Crippen LogP contribution < -0.4 is 0 Å². The second kappa shape index (κ2) is 6.98. The van der Waals surface area contributed by atoms with E-state index in [4.69, 9.17) is 0 Å². The number of rotatable bonds is 4. The van der Waals surface area contributed by atoms with Crippen LogP contribution in [-0.2, 0) is 0 Å². The standard InChI is InChI=1S/C18H12FN3O4/c19-14-9-13(17(23)10-18(14)24)11-6-7-15(16(8-11)22(25)26)21-20-12-4-2-1-3-5-12/h1-10,23-24H/b21-20+. The van der Waals surface area contributed by atoms with Gasteiger partial charge < -0.3 is 10.2 Å². The van der Waals surface area contributed by atoms with Crippen LogP contribution in [-0.4, -0.2) is 15.1 Å². The number of nitro benzene ring substituents is 1. The Balaban J connectivity index is 2.04. The molecule has 0 saturated carbocycles. The zero-order chi connectivity index (χ0) is 18.7. The first-order valence-corrected chi connectivity index (χ1v) is 7.43. The maximum Gasteiger partial charge on any atom is 0.297 e. The molecule has 0 aromatic heterocycles. The smallest absolute Gasteiger partial charge is 0.297 e. The van der Waals surface area contributed by atoms with E-state index in [1.807, 2.05) is 0 Å². The normalized spacial score (nSPS) is 11.0. The first kappa shape index (κ1) is 17.0. The van der Waals surface area contributed by atoms with Gasteiger partial charge in [0.25, 0.3) is 5.69 Å². The molecule has 0 unspecified atom stereocenters. The first-order valence-electron chi connectivity index (χ1n) is 7.43. The minimum Gasteiger partial charge on any atom is -0.507 e. The molecule has 7 nitrogen and oxygen atoms in total. The Labute approximate surface area is 146 Å². The molecule has 0 fully saturated rings. The van der Waals surface area contributed by atoms with Gasteiger partial charge in [-0.1, -0.05) is 24.3 Å². The summed E-state index contributed by atoms with van der Waals surface area (Å²) in [6.45, 7) is 0. The van der Waals surface area contributed by atoms with Gasteiger partial charge in [-0.3, -0.25) is 10.1 Å². The van der Waals surface area contributed by atoms with Crippen LogP contribution >= 0.6 is 0 Å². The number of aromatic hydroxyl groups is 2. The molecule has 130 valence electrons. The number of hydrogen-bond acceptors (Lipinski definition) is 6. The summed E-state index contributed by atoms with van der Waals surface area (Å²) in [6, 6.07) is 14.4. The topological polar surface area (TPSA) is 108 Å². The van der Waals surface area contributed by atoms with Crippen molar-refractivity contribution in [3.05, 3.63) is 76.6 Å². The molecule has 26 heavy (non-hydrogen) atoms. The summed E-state index contributed by atoms with van der Waals surface area (Å²) in [5.41, 5.74) is 0.405. The molecule has 0 aliphatic heterocycles. The fourth-order valence-corrected chi connectivity index (χ4v) is 2.31. The second-order valence-corrected chi connectivity index (χ2v) is 5.32. The maximum atomic E-state index is 13.6. The number of halogens is 1. The van der Waals surface area contributed by atoms with E-state index in [-0.39, 0.29) is 22.5 Å². The molecule has 3 rings (SSSR count). The van der Waals surface area contributed by atoms with E-state index in [0.717, 1.165) is 18.2 Å². The van der Waals surface area contributed by atoms with Gasteiger partial charge in [-0.05, 0) is 29.8 Å². The van der Waals surface area contributed by atoms with Crippen molar-refractivity contribution in [3.63, 3.8) is 0 Å². The third-order valence-corrected chi connectivity index (χ3v) is 3.58. The lowest BCUT2D eigenvalue weighted by atomic mass is 10.0. The lowest BCUT2D eigenvalue weighted by Gasteiger charge is -2.07. The molecular formula is C18H12FN3O4. The number of phenolic OH excluding ortho intramolecular Hbond substituents is 2. The molecule has 0 spiro atoms. The molecule has 3 aromatic rings. The zero-order valence-corrected chi connectivity index (χ0v) is 13.2. The molecule has 0 amide bonds. The number of nitro groups is 1. The van der Waals surface area contributed by atoms with Crippen molar-refractivity contribution in [2.24, 2.45) is 10.2 Å². The third-order valence-electron chi connectivity index (χ3n) is 3.58. The lowest BCUT2D eigenvalue weighted by molar-refractivity contribution is -0.384. The summed E-state index contributed by atoms with van der Waals surface area (Å²) in [5, 5.41) is 38.3. The quantitative estimate of drug-likeness (QED) is 0.380. The van der Waals surface area contributed by atoms with E-state index in [9.17, 15) is 24.7 Å². The highest BCUT2D eigenvalue weighted by Crippen LogP contribution is 2.38. The van der Waals surface area contributed by atoms with Gasteiger partial charge >= 0.3 is 0 Å². The Bertz CT molecular complexity index is 1010. The third kappa shape index (κ3) is 3.48. The highest BCUT2D eigenvalue weighted by Gasteiger charge is 2.18. The van der Waals surface area contributed by atoms with Crippen LogP contribution in [0.2, 0.25) is 0 Å². The van der Waals surface area contributed by atoms with Crippen LogP contribution in [0.1, 0.15) is 0 Å². The number of benzene rings is 3. The Kier molecular flexibility index (Phi) is 4.57. The summed E-state index contributed by atoms with van der Waals surface area (Å²) in [4.78, 5) is 10.7. The van der Waals surface area contributed by atoms with Crippen molar-refractivity contribution in [1.82, 2.24) is 0 Å². The molecule has 2 N–H and O–H groups in total. The maximum absolute atomic E-state index is 13.6. The van der Waals surface area contributed by atoms with Crippen molar-refractivity contribution in [2.75, 3.05) is 0 Å². The van der Waals surface area contributed by atoms with Crippen molar-refractivity contribution in [1.29, 1.82) is 0 Å². The second-order valence-electron chi connectivity index (χ2n) is 5.32. The zero-order valence-electron chi connectivity index (χ0n) is 13.2. The van der Waals surface area contributed by atoms with Gasteiger partial charge in [-0.15, -0.1) is 5.11 Å². The Morgan fingerprint density at radius 3 is 2.35 bits per heavy atom. The van der Waals surface area contributed by atoms with E-state index in [1.165, 1.54) is 12.1 Å². The van der Waals surface area contributed by atoms with Crippen LogP contribution in [0.5, 0.6) is 11.5 Å². The van der Waals surface area contributed by atoms with E-state index in [0.29, 0.717) is 5.69 Å². The van der Waals surface area contributed by atoms with Gasteiger partial charge in [0, 0.05) is 17.7 Å². The molecule has 0 radical (unpaired) electrons. The van der Waals surface area contributed by atoms with Gasteiger partial charge in [0.15, 0.2) is 17.3 Å². The fraction of sp³-hybridized carbons (Fsp3) is 0. The van der Waals surface area contributed by atoms with Crippen molar-refractivity contribution < 1.29 is 19.5 Å². The lowest BCUT2D eigenvalue weighted by Crippen LogP contribution is -1.90. The number of nitrogens with zero attached hydrogens (tertiary/aromatic N) is 3. The summed E-state index contributed by atoms with van der Waals surface area (Å²) < 4.78 is 13.6. The first-order chi connectivity index (χ1) is 12.5. The Morgan fingerprint density at radius 2 is 1.65 bits per heavy atom. The Morgan fingerprint density at radius 1 is 0.923 bits per heavy atom. The molecule has 3 aromatic carbocycles. The highest BCUT2D eigenvalue weighted by atomic mass is 19.1. The van der Waals surface area contributed by atoms with E-state index < -0.39 is 22.2 Å². The number of azo groups is 1. The summed E-state index contributed by atoms with van der Waals surface area (Å²) >= 11 is 0. The van der Waals surface area contributed by atoms with E-state index in [1.54, 1.807) is 30.3 Å². The summed E-state index contributed by atoms with van der Waals surface area (Å²) in [7, 11) is 0. The molecule has 0 aliphatic rings. The molecule has 0 heterocycles. The predicted molar refractivity (Wildman–Crippen MR) is 92.4 cm³/mol. The van der Waals surface area contributed by atoms with Crippen LogP contribution in [0.4, 0.5) is 21.5 Å². The highest BCUT2D eigenvalue weighted by molar-refractivity contribution is 5.76. The molecular weight excluding hydrogens is 341 g/mol. The van der Waals surface area contributed by atoms with Crippen molar-refractivity contribution in [3.8, 4) is 22.6 Å². The number of phenols is 2. The van der Waals surface area contributed by atoms with Gasteiger partial charge in [0.05, 0.1) is 10.6 Å². The average Bonchev–Trinajstić information content (AvgIpc) is 2.63. The molecule has 0 saturated heterocycles. The molecule has 0 aliphatic carbocycles. The van der Waals surface area contributed by atoms with Gasteiger partial charge in [0.2, 0.25) is 0 Å². The van der Waals surface area contributed by atoms with Crippen molar-refractivity contribution in [2.45, 2.75) is 0 Å². The Hall–Kier alpha value is -3.81. The van der Waals surface area contributed by atoms with E-state index >= 15 is 0 Å². The van der Waals surface area contributed by atoms with Gasteiger partial charge in [0.1, 0.15) is 5.75 Å².